The molecule has 1 fully saturated rings. The Morgan fingerprint density at radius 3 is 2.93 bits per heavy atom. The number of aliphatic hydroxyl groups is 1. The van der Waals surface area contributed by atoms with Crippen molar-refractivity contribution in [3.63, 3.8) is 0 Å². The van der Waals surface area contributed by atoms with Crippen molar-refractivity contribution in [3.8, 4) is 6.07 Å². The molecule has 0 aromatic carbocycles. The van der Waals surface area contributed by atoms with E-state index >= 15 is 0 Å². The number of hydrogen-bond acceptors (Lipinski definition) is 4. The first-order chi connectivity index (χ1) is 6.62. The van der Waals surface area contributed by atoms with Crippen molar-refractivity contribution in [2.45, 2.75) is 12.5 Å². The van der Waals surface area contributed by atoms with Gasteiger partial charge >= 0.3 is 0 Å². The second-order valence-electron chi connectivity index (χ2n) is 3.84. The first kappa shape index (κ1) is 8.97. The summed E-state index contributed by atoms with van der Waals surface area (Å²) in [5.74, 6) is 0. The molecule has 1 aromatic heterocycles. The molecule has 1 aliphatic rings. The van der Waals surface area contributed by atoms with E-state index in [4.69, 9.17) is 5.26 Å². The van der Waals surface area contributed by atoms with Gasteiger partial charge < -0.3 is 10.0 Å². The van der Waals surface area contributed by atoms with Crippen LogP contribution in [-0.4, -0.2) is 28.8 Å². The van der Waals surface area contributed by atoms with Crippen molar-refractivity contribution in [3.05, 3.63) is 24.0 Å². The van der Waals surface area contributed by atoms with Gasteiger partial charge in [-0.3, -0.25) is 0 Å². The molecule has 0 atom stereocenters. The molecule has 4 nitrogen and oxygen atoms in total. The van der Waals surface area contributed by atoms with Gasteiger partial charge in [0.2, 0.25) is 0 Å². The highest BCUT2D eigenvalue weighted by Crippen LogP contribution is 2.28. The first-order valence-corrected chi connectivity index (χ1v) is 4.45. The van der Waals surface area contributed by atoms with E-state index < -0.39 is 5.60 Å². The van der Waals surface area contributed by atoms with Crippen LogP contribution >= 0.6 is 0 Å². The maximum atomic E-state index is 9.56. The van der Waals surface area contributed by atoms with Crippen molar-refractivity contribution in [2.24, 2.45) is 0 Å². The minimum Gasteiger partial charge on any atom is -0.386 e. The monoisotopic (exact) mass is 189 g/mol. The van der Waals surface area contributed by atoms with Crippen LogP contribution in [0.5, 0.6) is 0 Å². The summed E-state index contributed by atoms with van der Waals surface area (Å²) < 4.78 is 0. The summed E-state index contributed by atoms with van der Waals surface area (Å²) in [4.78, 5) is 5.91. The molecule has 0 amide bonds. The zero-order chi connectivity index (χ0) is 10.2. The smallest absolute Gasteiger partial charge is 0.163 e. The second kappa shape index (κ2) is 2.96. The summed E-state index contributed by atoms with van der Waals surface area (Å²) in [5, 5.41) is 18.4. The van der Waals surface area contributed by atoms with Crippen LogP contribution in [0.1, 0.15) is 12.6 Å². The molecule has 1 aromatic rings. The molecule has 1 aliphatic heterocycles. The third-order valence-corrected chi connectivity index (χ3v) is 2.30. The summed E-state index contributed by atoms with van der Waals surface area (Å²) in [6.07, 6.45) is 1.60. The van der Waals surface area contributed by atoms with Crippen LogP contribution in [0.4, 0.5) is 5.69 Å². The number of nitriles is 1. The molecule has 1 saturated heterocycles. The fraction of sp³-hybridized carbons (Fsp3) is 0.400. The van der Waals surface area contributed by atoms with Gasteiger partial charge in [0.05, 0.1) is 11.3 Å². The van der Waals surface area contributed by atoms with Crippen LogP contribution in [-0.2, 0) is 0 Å². The molecule has 2 rings (SSSR count). The first-order valence-electron chi connectivity index (χ1n) is 4.45. The standard InChI is InChI=1S/C10H11N3O/c1-10(14)6-13(7-10)9-3-2-4-12-8(9)5-11/h2-4,14H,6-7H2,1H3. The fourth-order valence-electron chi connectivity index (χ4n) is 1.68. The lowest BCUT2D eigenvalue weighted by atomic mass is 9.96. The summed E-state index contributed by atoms with van der Waals surface area (Å²) in [7, 11) is 0. The molecule has 0 bridgehead atoms. The molecule has 1 N–H and O–H groups in total. The number of rotatable bonds is 1. The molecule has 4 heteroatoms. The second-order valence-corrected chi connectivity index (χ2v) is 3.84. The molecule has 14 heavy (non-hydrogen) atoms. The highest BCUT2D eigenvalue weighted by atomic mass is 16.3. The highest BCUT2D eigenvalue weighted by Gasteiger charge is 2.37. The van der Waals surface area contributed by atoms with Gasteiger partial charge in [-0.2, -0.15) is 5.26 Å². The van der Waals surface area contributed by atoms with Crippen molar-refractivity contribution < 1.29 is 5.11 Å². The van der Waals surface area contributed by atoms with Gasteiger partial charge in [0, 0.05) is 19.3 Å². The Labute approximate surface area is 82.4 Å². The lowest BCUT2D eigenvalue weighted by Crippen LogP contribution is -2.60. The Hall–Kier alpha value is -1.60. The Bertz CT molecular complexity index is 387. The Kier molecular flexibility index (Phi) is 1.90. The van der Waals surface area contributed by atoms with Gasteiger partial charge in [-0.25, -0.2) is 4.98 Å². The number of hydrogen-bond donors (Lipinski definition) is 1. The average molecular weight is 189 g/mol. The highest BCUT2D eigenvalue weighted by molar-refractivity contribution is 5.58. The van der Waals surface area contributed by atoms with E-state index in [0.717, 1.165) is 5.69 Å². The number of pyridine rings is 1. The third-order valence-electron chi connectivity index (χ3n) is 2.30. The predicted molar refractivity (Wildman–Crippen MR) is 51.8 cm³/mol. The Morgan fingerprint density at radius 2 is 2.36 bits per heavy atom. The zero-order valence-electron chi connectivity index (χ0n) is 7.94. The van der Waals surface area contributed by atoms with E-state index in [1.807, 2.05) is 17.0 Å². The minimum atomic E-state index is -0.622. The molecule has 2 heterocycles. The van der Waals surface area contributed by atoms with Crippen molar-refractivity contribution in [1.29, 1.82) is 5.26 Å². The molecule has 0 aliphatic carbocycles. The van der Waals surface area contributed by atoms with Crippen molar-refractivity contribution in [1.82, 2.24) is 4.98 Å². The molecule has 0 spiro atoms. The van der Waals surface area contributed by atoms with Gasteiger partial charge in [0.15, 0.2) is 5.69 Å². The average Bonchev–Trinajstić information content (AvgIpc) is 2.14. The lowest BCUT2D eigenvalue weighted by molar-refractivity contribution is 0.0310. The molecule has 0 unspecified atom stereocenters. The summed E-state index contributed by atoms with van der Waals surface area (Å²) in [6, 6.07) is 5.68. The van der Waals surface area contributed by atoms with Gasteiger partial charge in [-0.05, 0) is 19.1 Å². The van der Waals surface area contributed by atoms with Crippen LogP contribution in [0.2, 0.25) is 0 Å². The Morgan fingerprint density at radius 1 is 1.64 bits per heavy atom. The largest absolute Gasteiger partial charge is 0.386 e. The van der Waals surface area contributed by atoms with Crippen LogP contribution in [0, 0.1) is 11.3 Å². The van der Waals surface area contributed by atoms with Crippen molar-refractivity contribution >= 4 is 5.69 Å². The van der Waals surface area contributed by atoms with E-state index in [1.165, 1.54) is 0 Å². The van der Waals surface area contributed by atoms with Crippen LogP contribution in [0.25, 0.3) is 0 Å². The topological polar surface area (TPSA) is 60.1 Å². The number of aromatic nitrogens is 1. The van der Waals surface area contributed by atoms with E-state index in [1.54, 1.807) is 19.2 Å². The molecular formula is C10H11N3O. The van der Waals surface area contributed by atoms with Gasteiger partial charge in [0.25, 0.3) is 0 Å². The van der Waals surface area contributed by atoms with E-state index in [2.05, 4.69) is 4.98 Å². The summed E-state index contributed by atoms with van der Waals surface area (Å²) >= 11 is 0. The summed E-state index contributed by atoms with van der Waals surface area (Å²) in [5.41, 5.74) is 0.604. The fourth-order valence-corrected chi connectivity index (χ4v) is 1.68. The molecule has 0 saturated carbocycles. The SMILES string of the molecule is CC1(O)CN(c2cccnc2C#N)C1. The normalized spacial score (nSPS) is 18.5. The van der Waals surface area contributed by atoms with Gasteiger partial charge in [-0.1, -0.05) is 0 Å². The van der Waals surface area contributed by atoms with Crippen LogP contribution in [0.15, 0.2) is 18.3 Å². The lowest BCUT2D eigenvalue weighted by Gasteiger charge is -2.45. The molecule has 72 valence electrons. The van der Waals surface area contributed by atoms with E-state index in [0.29, 0.717) is 18.8 Å². The van der Waals surface area contributed by atoms with Crippen LogP contribution < -0.4 is 4.90 Å². The van der Waals surface area contributed by atoms with Gasteiger partial charge in [-0.15, -0.1) is 0 Å². The number of β-amino-alcohol motifs (C(OH)–C–C–N with tert-alkyl or cyclic N) is 1. The predicted octanol–water partition coefficient (Wildman–Crippen LogP) is 0.524. The van der Waals surface area contributed by atoms with E-state index in [-0.39, 0.29) is 0 Å². The maximum absolute atomic E-state index is 9.56. The van der Waals surface area contributed by atoms with Crippen LogP contribution in [0.3, 0.4) is 0 Å². The Balaban J connectivity index is 2.23. The third kappa shape index (κ3) is 1.42. The quantitative estimate of drug-likeness (QED) is 0.699. The number of anilines is 1. The number of nitrogens with zero attached hydrogens (tertiary/aromatic N) is 3. The molecule has 0 radical (unpaired) electrons. The molecular weight excluding hydrogens is 178 g/mol. The summed E-state index contributed by atoms with van der Waals surface area (Å²) in [6.45, 7) is 2.91. The van der Waals surface area contributed by atoms with E-state index in [9.17, 15) is 5.11 Å². The van der Waals surface area contributed by atoms with Crippen molar-refractivity contribution in [2.75, 3.05) is 18.0 Å². The zero-order valence-corrected chi connectivity index (χ0v) is 7.94. The van der Waals surface area contributed by atoms with Gasteiger partial charge in [0.1, 0.15) is 6.07 Å². The maximum Gasteiger partial charge on any atom is 0.163 e. The minimum absolute atomic E-state index is 0.419.